The van der Waals surface area contributed by atoms with Gasteiger partial charge in [0.15, 0.2) is 17.9 Å². The number of carboxylic acids is 1. The number of aldehydes is 1. The molecule has 1 aromatic rings. The van der Waals surface area contributed by atoms with E-state index in [0.717, 1.165) is 6.07 Å². The maximum Gasteiger partial charge on any atom is 0.340 e. The van der Waals surface area contributed by atoms with Crippen molar-refractivity contribution in [1.82, 2.24) is 0 Å². The van der Waals surface area contributed by atoms with E-state index in [9.17, 15) is 14.0 Å². The summed E-state index contributed by atoms with van der Waals surface area (Å²) in [4.78, 5) is 21.4. The van der Waals surface area contributed by atoms with Gasteiger partial charge in [-0.05, 0) is 6.07 Å². The number of halogens is 1. The first-order valence-corrected chi connectivity index (χ1v) is 3.95. The fourth-order valence-electron chi connectivity index (χ4n) is 1.36. The molecule has 6 heteroatoms. The molecule has 0 saturated carbocycles. The van der Waals surface area contributed by atoms with Gasteiger partial charge in [0.05, 0.1) is 0 Å². The highest BCUT2D eigenvalue weighted by molar-refractivity contribution is 6.00. The van der Waals surface area contributed by atoms with Gasteiger partial charge in [-0.3, -0.25) is 4.79 Å². The van der Waals surface area contributed by atoms with E-state index in [-0.39, 0.29) is 35.7 Å². The Kier molecular flexibility index (Phi) is 2.03. The maximum absolute atomic E-state index is 13.2. The van der Waals surface area contributed by atoms with Crippen molar-refractivity contribution in [1.29, 1.82) is 0 Å². The van der Waals surface area contributed by atoms with Crippen molar-refractivity contribution < 1.29 is 28.6 Å². The van der Waals surface area contributed by atoms with E-state index in [4.69, 9.17) is 14.6 Å². The van der Waals surface area contributed by atoms with Crippen LogP contribution in [0.1, 0.15) is 20.7 Å². The van der Waals surface area contributed by atoms with Gasteiger partial charge in [0, 0.05) is 5.56 Å². The Bertz CT molecular complexity index is 454. The summed E-state index contributed by atoms with van der Waals surface area (Å²) in [6.45, 7) is -0.255. The first-order chi connectivity index (χ1) is 7.15. The van der Waals surface area contributed by atoms with E-state index in [2.05, 4.69) is 0 Å². The summed E-state index contributed by atoms with van der Waals surface area (Å²) in [6, 6.07) is 0.809. The molecule has 0 radical (unpaired) electrons. The number of rotatable bonds is 2. The van der Waals surface area contributed by atoms with Gasteiger partial charge in [0.25, 0.3) is 0 Å². The second kappa shape index (κ2) is 3.23. The summed E-state index contributed by atoms with van der Waals surface area (Å²) in [5, 5.41) is 8.83. The molecule has 1 aromatic carbocycles. The summed E-state index contributed by atoms with van der Waals surface area (Å²) < 4.78 is 22.8. The zero-order chi connectivity index (χ0) is 11.0. The lowest BCUT2D eigenvalue weighted by molar-refractivity contribution is 0.0689. The number of hydrogen-bond acceptors (Lipinski definition) is 4. The molecule has 2 rings (SSSR count). The third-order valence-electron chi connectivity index (χ3n) is 1.97. The number of fused-ring (bicyclic) bond motifs is 1. The zero-order valence-electron chi connectivity index (χ0n) is 7.32. The molecule has 78 valence electrons. The van der Waals surface area contributed by atoms with Crippen LogP contribution in [0.3, 0.4) is 0 Å². The molecule has 0 fully saturated rings. The number of carbonyl (C=O) groups excluding carboxylic acids is 1. The third kappa shape index (κ3) is 1.30. The van der Waals surface area contributed by atoms with Crippen LogP contribution < -0.4 is 9.47 Å². The quantitative estimate of drug-likeness (QED) is 0.742. The van der Waals surface area contributed by atoms with Gasteiger partial charge in [0.2, 0.25) is 12.5 Å². The van der Waals surface area contributed by atoms with Crippen LogP contribution >= 0.6 is 0 Å². The molecular weight excluding hydrogens is 207 g/mol. The first kappa shape index (κ1) is 9.45. The smallest absolute Gasteiger partial charge is 0.340 e. The minimum absolute atomic E-state index is 0.232. The number of hydrogen-bond donors (Lipinski definition) is 1. The van der Waals surface area contributed by atoms with Gasteiger partial charge in [-0.1, -0.05) is 0 Å². The second-order valence-electron chi connectivity index (χ2n) is 2.81. The summed E-state index contributed by atoms with van der Waals surface area (Å²) in [7, 11) is 0. The molecule has 0 aliphatic carbocycles. The summed E-state index contributed by atoms with van der Waals surface area (Å²) in [6.07, 6.45) is 0.258. The van der Waals surface area contributed by atoms with E-state index >= 15 is 0 Å². The van der Waals surface area contributed by atoms with Crippen molar-refractivity contribution in [3.63, 3.8) is 0 Å². The van der Waals surface area contributed by atoms with E-state index in [1.807, 2.05) is 0 Å². The molecule has 0 amide bonds. The van der Waals surface area contributed by atoms with Gasteiger partial charge in [-0.15, -0.1) is 0 Å². The van der Waals surface area contributed by atoms with Crippen LogP contribution in [0.2, 0.25) is 0 Å². The topological polar surface area (TPSA) is 72.8 Å². The Labute approximate surface area is 83.0 Å². The van der Waals surface area contributed by atoms with Crippen LogP contribution in [0.25, 0.3) is 0 Å². The third-order valence-corrected chi connectivity index (χ3v) is 1.97. The first-order valence-electron chi connectivity index (χ1n) is 3.95. The van der Waals surface area contributed by atoms with Crippen molar-refractivity contribution in [3.8, 4) is 11.5 Å². The van der Waals surface area contributed by atoms with Gasteiger partial charge < -0.3 is 14.6 Å². The van der Waals surface area contributed by atoms with Gasteiger partial charge >= 0.3 is 5.97 Å². The lowest BCUT2D eigenvalue weighted by atomic mass is 10.1. The van der Waals surface area contributed by atoms with Crippen molar-refractivity contribution in [2.45, 2.75) is 0 Å². The standard InChI is InChI=1S/C9H5FO5/c10-5-1-4(2-11)6(9(12)13)8-7(5)14-3-15-8/h1-2H,3H2,(H,12,13). The molecule has 1 heterocycles. The van der Waals surface area contributed by atoms with Crippen molar-refractivity contribution >= 4 is 12.3 Å². The molecule has 1 aliphatic rings. The van der Waals surface area contributed by atoms with Crippen molar-refractivity contribution in [2.75, 3.05) is 6.79 Å². The predicted molar refractivity (Wildman–Crippen MR) is 44.9 cm³/mol. The van der Waals surface area contributed by atoms with Crippen LogP contribution in [-0.4, -0.2) is 24.2 Å². The minimum Gasteiger partial charge on any atom is -0.478 e. The number of carbonyl (C=O) groups is 2. The monoisotopic (exact) mass is 212 g/mol. The highest BCUT2D eigenvalue weighted by Gasteiger charge is 2.28. The molecule has 0 bridgehead atoms. The zero-order valence-corrected chi connectivity index (χ0v) is 7.32. The number of carboxylic acid groups (broad SMARTS) is 1. The lowest BCUT2D eigenvalue weighted by Crippen LogP contribution is -2.04. The number of ether oxygens (including phenoxy) is 2. The number of aromatic carboxylic acids is 1. The molecular formula is C9H5FO5. The average molecular weight is 212 g/mol. The average Bonchev–Trinajstić information content (AvgIpc) is 2.65. The summed E-state index contributed by atoms with van der Waals surface area (Å²) in [5.41, 5.74) is -0.650. The molecule has 0 saturated heterocycles. The molecule has 5 nitrogen and oxygen atoms in total. The fourth-order valence-corrected chi connectivity index (χ4v) is 1.36. The lowest BCUT2D eigenvalue weighted by Gasteiger charge is -2.04. The maximum atomic E-state index is 13.2. The molecule has 0 aromatic heterocycles. The normalized spacial score (nSPS) is 12.6. The number of benzene rings is 1. The van der Waals surface area contributed by atoms with Crippen LogP contribution in [0.4, 0.5) is 4.39 Å². The fraction of sp³-hybridized carbons (Fsp3) is 0.111. The van der Waals surface area contributed by atoms with E-state index in [1.54, 1.807) is 0 Å². The van der Waals surface area contributed by atoms with Crippen LogP contribution in [0.15, 0.2) is 6.07 Å². The molecule has 0 atom stereocenters. The van der Waals surface area contributed by atoms with Crippen molar-refractivity contribution in [3.05, 3.63) is 23.0 Å². The van der Waals surface area contributed by atoms with Crippen LogP contribution in [0.5, 0.6) is 11.5 Å². The molecule has 0 unspecified atom stereocenters. The Balaban J connectivity index is 2.75. The Morgan fingerprint density at radius 3 is 2.73 bits per heavy atom. The second-order valence-corrected chi connectivity index (χ2v) is 2.81. The van der Waals surface area contributed by atoms with E-state index in [0.29, 0.717) is 0 Å². The molecule has 15 heavy (non-hydrogen) atoms. The van der Waals surface area contributed by atoms with Crippen LogP contribution in [-0.2, 0) is 0 Å². The SMILES string of the molecule is O=Cc1cc(F)c2c(c1C(=O)O)OCO2. The molecule has 1 aliphatic heterocycles. The van der Waals surface area contributed by atoms with Gasteiger partial charge in [-0.25, -0.2) is 9.18 Å². The molecule has 1 N–H and O–H groups in total. The van der Waals surface area contributed by atoms with Gasteiger partial charge in [0.1, 0.15) is 5.56 Å². The van der Waals surface area contributed by atoms with E-state index in [1.165, 1.54) is 0 Å². The summed E-state index contributed by atoms with van der Waals surface area (Å²) in [5.74, 6) is -2.67. The largest absolute Gasteiger partial charge is 0.478 e. The molecule has 0 spiro atoms. The van der Waals surface area contributed by atoms with E-state index < -0.39 is 11.8 Å². The van der Waals surface area contributed by atoms with Crippen molar-refractivity contribution in [2.24, 2.45) is 0 Å². The van der Waals surface area contributed by atoms with Crippen LogP contribution in [0, 0.1) is 5.82 Å². The predicted octanol–water partition coefficient (Wildman–Crippen LogP) is 1.07. The summed E-state index contributed by atoms with van der Waals surface area (Å²) >= 11 is 0. The Morgan fingerprint density at radius 1 is 1.47 bits per heavy atom. The Morgan fingerprint density at radius 2 is 2.13 bits per heavy atom. The minimum atomic E-state index is -1.36. The highest BCUT2D eigenvalue weighted by Crippen LogP contribution is 2.39. The Hall–Kier alpha value is -2.11. The highest BCUT2D eigenvalue weighted by atomic mass is 19.1. The van der Waals surface area contributed by atoms with Gasteiger partial charge in [-0.2, -0.15) is 0 Å².